The van der Waals surface area contributed by atoms with Crippen molar-refractivity contribution in [3.8, 4) is 0 Å². The van der Waals surface area contributed by atoms with Gasteiger partial charge in [0.2, 0.25) is 10.0 Å². The van der Waals surface area contributed by atoms with Crippen LogP contribution in [0.25, 0.3) is 0 Å². The van der Waals surface area contributed by atoms with Gasteiger partial charge < -0.3 is 11.1 Å². The van der Waals surface area contributed by atoms with Gasteiger partial charge >= 0.3 is 0 Å². The molecular weight excluding hydrogens is 402 g/mol. The van der Waals surface area contributed by atoms with Gasteiger partial charge in [-0.05, 0) is 17.9 Å². The Morgan fingerprint density at radius 1 is 1.40 bits per heavy atom. The van der Waals surface area contributed by atoms with E-state index in [0.29, 0.717) is 19.6 Å². The minimum absolute atomic E-state index is 0. The monoisotopic (exact) mass is 427 g/mol. The van der Waals surface area contributed by atoms with Crippen molar-refractivity contribution in [2.24, 2.45) is 5.73 Å². The van der Waals surface area contributed by atoms with E-state index in [2.05, 4.69) is 12.2 Å². The molecule has 2 heterocycles. The molecule has 1 aliphatic rings. The summed E-state index contributed by atoms with van der Waals surface area (Å²) in [6.07, 6.45) is 2.80. The van der Waals surface area contributed by atoms with Gasteiger partial charge in [0.05, 0.1) is 0 Å². The molecule has 1 aliphatic heterocycles. The third-order valence-corrected chi connectivity index (χ3v) is 7.87. The summed E-state index contributed by atoms with van der Waals surface area (Å²) in [5.41, 5.74) is 5.72. The number of carbonyl (C=O) groups excluding carboxylic acids is 1. The number of unbranched alkanes of at least 4 members (excludes halogenated alkanes) is 1. The molecule has 2 rings (SSSR count). The van der Waals surface area contributed by atoms with Gasteiger partial charge in [-0.1, -0.05) is 19.8 Å². The van der Waals surface area contributed by atoms with Crippen LogP contribution in [0.1, 0.15) is 35.9 Å². The van der Waals surface area contributed by atoms with Crippen molar-refractivity contribution in [3.63, 3.8) is 0 Å². The van der Waals surface area contributed by atoms with Gasteiger partial charge in [0.1, 0.15) is 9.77 Å². The quantitative estimate of drug-likeness (QED) is 0.663. The van der Waals surface area contributed by atoms with E-state index >= 15 is 0 Å². The summed E-state index contributed by atoms with van der Waals surface area (Å²) >= 11 is 2.91. The molecule has 25 heavy (non-hydrogen) atoms. The zero-order valence-corrected chi connectivity index (χ0v) is 17.5. The second-order valence-electron chi connectivity index (χ2n) is 5.68. The van der Waals surface area contributed by atoms with Crippen LogP contribution in [-0.4, -0.2) is 55.8 Å². The van der Waals surface area contributed by atoms with Crippen molar-refractivity contribution >= 4 is 51.4 Å². The van der Waals surface area contributed by atoms with E-state index in [1.807, 2.05) is 0 Å². The van der Waals surface area contributed by atoms with E-state index < -0.39 is 10.0 Å². The Balaban J connectivity index is 0.00000312. The van der Waals surface area contributed by atoms with Crippen molar-refractivity contribution in [1.29, 1.82) is 0 Å². The van der Waals surface area contributed by atoms with Gasteiger partial charge in [-0.25, -0.2) is 8.42 Å². The fraction of sp³-hybridized carbons (Fsp3) is 0.667. The van der Waals surface area contributed by atoms with Crippen LogP contribution in [0.15, 0.2) is 16.3 Å². The van der Waals surface area contributed by atoms with Crippen molar-refractivity contribution in [2.45, 2.75) is 37.1 Å². The predicted octanol–water partition coefficient (Wildman–Crippen LogP) is 2.15. The van der Waals surface area contributed by atoms with E-state index in [0.717, 1.165) is 42.1 Å². The SMILES string of the molecule is CCCCC(CN)NC(=O)c1sccc1S(=O)(=O)N1CCSCC1.Cl. The number of nitrogens with zero attached hydrogens (tertiary/aromatic N) is 1. The summed E-state index contributed by atoms with van der Waals surface area (Å²) in [5.74, 6) is 1.23. The van der Waals surface area contributed by atoms with Crippen LogP contribution in [0.2, 0.25) is 0 Å². The molecule has 1 amide bonds. The van der Waals surface area contributed by atoms with Crippen LogP contribution >= 0.6 is 35.5 Å². The molecule has 0 radical (unpaired) electrons. The maximum absolute atomic E-state index is 12.8. The minimum atomic E-state index is -3.62. The first-order valence-corrected chi connectivity index (χ1v) is 11.6. The van der Waals surface area contributed by atoms with Crippen molar-refractivity contribution in [2.75, 3.05) is 31.1 Å². The first kappa shape index (κ1) is 22.7. The molecule has 1 atom stereocenters. The molecule has 1 unspecified atom stereocenters. The number of amides is 1. The summed E-state index contributed by atoms with van der Waals surface area (Å²) < 4.78 is 27.1. The van der Waals surface area contributed by atoms with Crippen LogP contribution in [0, 0.1) is 0 Å². The lowest BCUT2D eigenvalue weighted by molar-refractivity contribution is 0.0936. The number of nitrogens with one attached hydrogen (secondary N) is 1. The molecule has 0 aliphatic carbocycles. The highest BCUT2D eigenvalue weighted by atomic mass is 35.5. The first-order valence-electron chi connectivity index (χ1n) is 8.17. The molecule has 0 bridgehead atoms. The Morgan fingerprint density at radius 2 is 2.08 bits per heavy atom. The highest BCUT2D eigenvalue weighted by molar-refractivity contribution is 7.99. The number of carbonyl (C=O) groups is 1. The minimum Gasteiger partial charge on any atom is -0.347 e. The maximum Gasteiger partial charge on any atom is 0.263 e. The Bertz CT molecular complexity index is 645. The molecule has 0 saturated carbocycles. The Labute approximate surface area is 164 Å². The van der Waals surface area contributed by atoms with Crippen LogP contribution in [-0.2, 0) is 10.0 Å². The van der Waals surface area contributed by atoms with Crippen molar-refractivity contribution in [1.82, 2.24) is 9.62 Å². The third kappa shape index (κ3) is 5.83. The Morgan fingerprint density at radius 3 is 2.68 bits per heavy atom. The van der Waals surface area contributed by atoms with Crippen LogP contribution in [0.4, 0.5) is 0 Å². The van der Waals surface area contributed by atoms with E-state index in [4.69, 9.17) is 5.73 Å². The van der Waals surface area contributed by atoms with E-state index in [1.54, 1.807) is 17.1 Å². The number of sulfonamides is 1. The number of halogens is 1. The fourth-order valence-electron chi connectivity index (χ4n) is 2.54. The molecule has 6 nitrogen and oxygen atoms in total. The van der Waals surface area contributed by atoms with Crippen LogP contribution in [0.3, 0.4) is 0 Å². The van der Waals surface area contributed by atoms with Gasteiger partial charge in [0.15, 0.2) is 0 Å². The Hall–Kier alpha value is -0.320. The highest BCUT2D eigenvalue weighted by Gasteiger charge is 2.31. The largest absolute Gasteiger partial charge is 0.347 e. The molecular formula is C15H26ClN3O3S3. The molecule has 144 valence electrons. The van der Waals surface area contributed by atoms with Crippen molar-refractivity contribution < 1.29 is 13.2 Å². The lowest BCUT2D eigenvalue weighted by Crippen LogP contribution is -2.41. The van der Waals surface area contributed by atoms with Crippen molar-refractivity contribution in [3.05, 3.63) is 16.3 Å². The van der Waals surface area contributed by atoms with Gasteiger partial charge in [0, 0.05) is 37.2 Å². The second kappa shape index (κ2) is 10.7. The number of thioether (sulfide) groups is 1. The van der Waals surface area contributed by atoms with E-state index in [9.17, 15) is 13.2 Å². The number of thiophene rings is 1. The number of hydrogen-bond acceptors (Lipinski definition) is 6. The second-order valence-corrected chi connectivity index (χ2v) is 9.73. The van der Waals surface area contributed by atoms with Gasteiger partial charge in [0.25, 0.3) is 5.91 Å². The van der Waals surface area contributed by atoms with Crippen LogP contribution < -0.4 is 11.1 Å². The summed E-state index contributed by atoms with van der Waals surface area (Å²) in [4.78, 5) is 12.9. The molecule has 10 heteroatoms. The smallest absolute Gasteiger partial charge is 0.263 e. The van der Waals surface area contributed by atoms with Gasteiger partial charge in [-0.2, -0.15) is 16.1 Å². The average molecular weight is 428 g/mol. The summed E-state index contributed by atoms with van der Waals surface area (Å²) in [6.45, 7) is 3.41. The zero-order chi connectivity index (χ0) is 17.6. The van der Waals surface area contributed by atoms with Gasteiger partial charge in [-0.15, -0.1) is 23.7 Å². The zero-order valence-electron chi connectivity index (χ0n) is 14.3. The summed E-state index contributed by atoms with van der Waals surface area (Å²) in [5, 5.41) is 4.54. The number of hydrogen-bond donors (Lipinski definition) is 2. The number of nitrogens with two attached hydrogens (primary N) is 1. The third-order valence-electron chi connectivity index (χ3n) is 3.95. The Kier molecular flexibility index (Phi) is 9.76. The average Bonchev–Trinajstić information content (AvgIpc) is 3.10. The molecule has 1 fully saturated rings. The molecule has 0 spiro atoms. The van der Waals surface area contributed by atoms with E-state index in [1.165, 1.54) is 10.4 Å². The normalized spacial score (nSPS) is 16.9. The first-order chi connectivity index (χ1) is 11.5. The van der Waals surface area contributed by atoms with Crippen LogP contribution in [0.5, 0.6) is 0 Å². The molecule has 1 aromatic rings. The molecule has 1 saturated heterocycles. The standard InChI is InChI=1S/C15H25N3O3S3.ClH/c1-2-3-4-12(11-16)17-15(19)14-13(5-8-23-14)24(20,21)18-6-9-22-10-7-18;/h5,8,12H,2-4,6-7,9-11,16H2,1H3,(H,17,19);1H. The molecule has 3 N–H and O–H groups in total. The predicted molar refractivity (Wildman–Crippen MR) is 107 cm³/mol. The number of rotatable bonds is 8. The fourth-order valence-corrected chi connectivity index (χ4v) is 6.42. The molecule has 0 aromatic carbocycles. The summed E-state index contributed by atoms with van der Waals surface area (Å²) in [7, 11) is -3.62. The lowest BCUT2D eigenvalue weighted by atomic mass is 10.1. The highest BCUT2D eigenvalue weighted by Crippen LogP contribution is 2.27. The van der Waals surface area contributed by atoms with E-state index in [-0.39, 0.29) is 34.1 Å². The topological polar surface area (TPSA) is 92.5 Å². The van der Waals surface area contributed by atoms with Gasteiger partial charge in [-0.3, -0.25) is 4.79 Å². The summed E-state index contributed by atoms with van der Waals surface area (Å²) in [6, 6.07) is 1.40. The molecule has 1 aromatic heterocycles. The lowest BCUT2D eigenvalue weighted by Gasteiger charge is -2.25. The maximum atomic E-state index is 12.8.